The Labute approximate surface area is 99.3 Å². The number of nitrogens with one attached hydrogen (secondary N) is 1. The second-order valence-corrected chi connectivity index (χ2v) is 5.98. The lowest BCUT2D eigenvalue weighted by atomic mass is 9.84. The van der Waals surface area contributed by atoms with Crippen molar-refractivity contribution in [2.45, 2.75) is 46.0 Å². The summed E-state index contributed by atoms with van der Waals surface area (Å²) in [5.74, 6) is 0.813. The summed E-state index contributed by atoms with van der Waals surface area (Å²) in [6, 6.07) is 6.94. The van der Waals surface area contributed by atoms with Crippen LogP contribution in [0.3, 0.4) is 0 Å². The Morgan fingerprint density at radius 3 is 2.69 bits per heavy atom. The van der Waals surface area contributed by atoms with Crippen LogP contribution in [0.1, 0.15) is 45.2 Å². The van der Waals surface area contributed by atoms with E-state index in [4.69, 9.17) is 0 Å². The van der Waals surface area contributed by atoms with Crippen LogP contribution in [-0.4, -0.2) is 6.54 Å². The summed E-state index contributed by atoms with van der Waals surface area (Å²) in [6.45, 7) is 10.2. The predicted molar refractivity (Wildman–Crippen MR) is 71.1 cm³/mol. The Kier molecular flexibility index (Phi) is 2.96. The van der Waals surface area contributed by atoms with Gasteiger partial charge in [-0.25, -0.2) is 0 Å². The highest BCUT2D eigenvalue weighted by Gasteiger charge is 2.20. The van der Waals surface area contributed by atoms with Crippen LogP contribution in [0, 0.1) is 5.92 Å². The minimum atomic E-state index is 0.248. The van der Waals surface area contributed by atoms with Crippen LogP contribution in [0.25, 0.3) is 0 Å². The Bertz CT molecular complexity index is 374. The zero-order valence-electron chi connectivity index (χ0n) is 10.9. The summed E-state index contributed by atoms with van der Waals surface area (Å²) in [5, 5.41) is 3.58. The van der Waals surface area contributed by atoms with E-state index in [2.05, 4.69) is 51.2 Å². The molecule has 0 aliphatic carbocycles. The molecule has 16 heavy (non-hydrogen) atoms. The van der Waals surface area contributed by atoms with E-state index in [1.54, 1.807) is 0 Å². The molecular formula is C15H23N. The highest BCUT2D eigenvalue weighted by atomic mass is 14.9. The van der Waals surface area contributed by atoms with Crippen molar-refractivity contribution in [1.82, 2.24) is 0 Å². The second kappa shape index (κ2) is 4.12. The van der Waals surface area contributed by atoms with Crippen LogP contribution in [0.5, 0.6) is 0 Å². The summed E-state index contributed by atoms with van der Waals surface area (Å²) in [7, 11) is 0. The van der Waals surface area contributed by atoms with Crippen molar-refractivity contribution in [1.29, 1.82) is 0 Å². The van der Waals surface area contributed by atoms with Crippen molar-refractivity contribution in [3.63, 3.8) is 0 Å². The van der Waals surface area contributed by atoms with E-state index in [1.165, 1.54) is 29.7 Å². The van der Waals surface area contributed by atoms with E-state index in [1.807, 2.05) is 0 Å². The van der Waals surface area contributed by atoms with E-state index in [9.17, 15) is 0 Å². The minimum absolute atomic E-state index is 0.248. The van der Waals surface area contributed by atoms with E-state index in [0.29, 0.717) is 0 Å². The third kappa shape index (κ3) is 2.23. The summed E-state index contributed by atoms with van der Waals surface area (Å²) in [4.78, 5) is 0. The third-order valence-corrected chi connectivity index (χ3v) is 3.64. The lowest BCUT2D eigenvalue weighted by Gasteiger charge is -2.28. The molecule has 1 aromatic rings. The number of hydrogen-bond acceptors (Lipinski definition) is 1. The van der Waals surface area contributed by atoms with Gasteiger partial charge in [0.25, 0.3) is 0 Å². The molecule has 1 unspecified atom stereocenters. The first-order valence-electron chi connectivity index (χ1n) is 6.38. The van der Waals surface area contributed by atoms with Crippen LogP contribution in [0.2, 0.25) is 0 Å². The van der Waals surface area contributed by atoms with Crippen molar-refractivity contribution in [3.8, 4) is 0 Å². The number of rotatable bonds is 1. The number of anilines is 1. The Morgan fingerprint density at radius 2 is 2.06 bits per heavy atom. The fourth-order valence-corrected chi connectivity index (χ4v) is 2.31. The van der Waals surface area contributed by atoms with Crippen molar-refractivity contribution in [2.24, 2.45) is 5.92 Å². The second-order valence-electron chi connectivity index (χ2n) is 5.98. The zero-order chi connectivity index (χ0) is 11.8. The maximum Gasteiger partial charge on any atom is 0.0375 e. The molecule has 88 valence electrons. The normalized spacial score (nSPS) is 20.1. The molecule has 0 radical (unpaired) electrons. The van der Waals surface area contributed by atoms with Gasteiger partial charge >= 0.3 is 0 Å². The van der Waals surface area contributed by atoms with E-state index >= 15 is 0 Å². The van der Waals surface area contributed by atoms with E-state index < -0.39 is 0 Å². The van der Waals surface area contributed by atoms with Crippen molar-refractivity contribution < 1.29 is 0 Å². The van der Waals surface area contributed by atoms with Gasteiger partial charge in [-0.1, -0.05) is 46.2 Å². The van der Waals surface area contributed by atoms with E-state index in [-0.39, 0.29) is 5.41 Å². The molecule has 1 atom stereocenters. The number of benzene rings is 1. The molecule has 1 aromatic carbocycles. The summed E-state index contributed by atoms with van der Waals surface area (Å²) in [6.07, 6.45) is 2.51. The van der Waals surface area contributed by atoms with Gasteiger partial charge in [0.2, 0.25) is 0 Å². The molecule has 0 amide bonds. The first-order chi connectivity index (χ1) is 7.50. The molecule has 0 bridgehead atoms. The minimum Gasteiger partial charge on any atom is -0.385 e. The largest absolute Gasteiger partial charge is 0.385 e. The molecule has 0 saturated carbocycles. The van der Waals surface area contributed by atoms with Crippen LogP contribution in [-0.2, 0) is 11.8 Å². The molecule has 1 heterocycles. The fourth-order valence-electron chi connectivity index (χ4n) is 2.31. The zero-order valence-corrected chi connectivity index (χ0v) is 10.9. The topological polar surface area (TPSA) is 12.0 Å². The van der Waals surface area contributed by atoms with Crippen LogP contribution < -0.4 is 5.32 Å². The maximum atomic E-state index is 3.58. The Balaban J connectivity index is 2.28. The Morgan fingerprint density at radius 1 is 1.31 bits per heavy atom. The molecule has 0 aromatic heterocycles. The molecule has 0 saturated heterocycles. The third-order valence-electron chi connectivity index (χ3n) is 3.64. The number of fused-ring (bicyclic) bond motifs is 1. The molecule has 2 rings (SSSR count). The molecule has 0 fully saturated rings. The molecule has 1 aliphatic rings. The quantitative estimate of drug-likeness (QED) is 0.750. The average molecular weight is 217 g/mol. The summed E-state index contributed by atoms with van der Waals surface area (Å²) < 4.78 is 0. The SMILES string of the molecule is CCC1CNc2cc(C(C)(C)C)ccc2C1. The van der Waals surface area contributed by atoms with Gasteiger partial charge in [0.1, 0.15) is 0 Å². The standard InChI is InChI=1S/C15H23N/c1-5-11-8-12-6-7-13(15(2,3)4)9-14(12)16-10-11/h6-7,9,11,16H,5,8,10H2,1-4H3. The van der Waals surface area contributed by atoms with Gasteiger partial charge in [-0.15, -0.1) is 0 Å². The number of hydrogen-bond donors (Lipinski definition) is 1. The van der Waals surface area contributed by atoms with Crippen molar-refractivity contribution in [3.05, 3.63) is 29.3 Å². The summed E-state index contributed by atoms with van der Waals surface area (Å²) >= 11 is 0. The lowest BCUT2D eigenvalue weighted by Crippen LogP contribution is -2.23. The maximum absolute atomic E-state index is 3.58. The molecule has 1 N–H and O–H groups in total. The van der Waals surface area contributed by atoms with Gasteiger partial charge < -0.3 is 5.32 Å². The Hall–Kier alpha value is -0.980. The van der Waals surface area contributed by atoms with Gasteiger partial charge in [-0.3, -0.25) is 0 Å². The van der Waals surface area contributed by atoms with E-state index in [0.717, 1.165) is 12.5 Å². The van der Waals surface area contributed by atoms with Gasteiger partial charge in [-0.2, -0.15) is 0 Å². The van der Waals surface area contributed by atoms with Gasteiger partial charge in [0.05, 0.1) is 0 Å². The monoisotopic (exact) mass is 217 g/mol. The average Bonchev–Trinajstić information content (AvgIpc) is 2.26. The van der Waals surface area contributed by atoms with Crippen LogP contribution in [0.4, 0.5) is 5.69 Å². The molecule has 1 nitrogen and oxygen atoms in total. The predicted octanol–water partition coefficient (Wildman–Crippen LogP) is 3.98. The molecule has 1 heteroatoms. The van der Waals surface area contributed by atoms with Crippen LogP contribution >= 0.6 is 0 Å². The molecular weight excluding hydrogens is 194 g/mol. The summed E-state index contributed by atoms with van der Waals surface area (Å²) in [5.41, 5.74) is 4.52. The lowest BCUT2D eigenvalue weighted by molar-refractivity contribution is 0.519. The fraction of sp³-hybridized carbons (Fsp3) is 0.600. The van der Waals surface area contributed by atoms with Crippen molar-refractivity contribution >= 4 is 5.69 Å². The first-order valence-corrected chi connectivity index (χ1v) is 6.38. The highest BCUT2D eigenvalue weighted by molar-refractivity contribution is 5.56. The highest BCUT2D eigenvalue weighted by Crippen LogP contribution is 2.31. The smallest absolute Gasteiger partial charge is 0.0375 e. The molecule has 1 aliphatic heterocycles. The van der Waals surface area contributed by atoms with Crippen molar-refractivity contribution in [2.75, 3.05) is 11.9 Å². The van der Waals surface area contributed by atoms with Crippen LogP contribution in [0.15, 0.2) is 18.2 Å². The first kappa shape index (κ1) is 11.5. The molecule has 0 spiro atoms. The van der Waals surface area contributed by atoms with Gasteiger partial charge in [0.15, 0.2) is 0 Å². The van der Waals surface area contributed by atoms with Gasteiger partial charge in [0, 0.05) is 12.2 Å². The van der Waals surface area contributed by atoms with Gasteiger partial charge in [-0.05, 0) is 34.9 Å².